The van der Waals surface area contributed by atoms with Crippen molar-refractivity contribution < 1.29 is 19.1 Å². The number of aryl methyl sites for hydroxylation is 1. The predicted octanol–water partition coefficient (Wildman–Crippen LogP) is 3.79. The van der Waals surface area contributed by atoms with Crippen LogP contribution in [0.3, 0.4) is 0 Å². The number of benzene rings is 2. The van der Waals surface area contributed by atoms with Crippen LogP contribution in [0.25, 0.3) is 6.08 Å². The molecule has 1 heterocycles. The van der Waals surface area contributed by atoms with Crippen molar-refractivity contribution in [2.45, 2.75) is 20.3 Å². The first-order chi connectivity index (χ1) is 11.1. The van der Waals surface area contributed by atoms with Gasteiger partial charge >= 0.3 is 5.97 Å². The second-order valence-electron chi connectivity index (χ2n) is 5.29. The first kappa shape index (κ1) is 15.0. The third-order valence-corrected chi connectivity index (χ3v) is 3.59. The van der Waals surface area contributed by atoms with Gasteiger partial charge in [-0.1, -0.05) is 31.2 Å². The quantitative estimate of drug-likeness (QED) is 0.492. The van der Waals surface area contributed by atoms with Crippen molar-refractivity contribution in [1.82, 2.24) is 0 Å². The fourth-order valence-corrected chi connectivity index (χ4v) is 2.40. The lowest BCUT2D eigenvalue weighted by Crippen LogP contribution is -2.01. The summed E-state index contributed by atoms with van der Waals surface area (Å²) in [6.07, 6.45) is 2.68. The lowest BCUT2D eigenvalue weighted by molar-refractivity contribution is -0.131. The minimum Gasteiger partial charge on any atom is -0.452 e. The van der Waals surface area contributed by atoms with Crippen molar-refractivity contribution >= 4 is 17.8 Å². The van der Waals surface area contributed by atoms with Crippen LogP contribution in [0.1, 0.15) is 35.3 Å². The van der Waals surface area contributed by atoms with Crippen LogP contribution in [0.2, 0.25) is 0 Å². The summed E-state index contributed by atoms with van der Waals surface area (Å²) in [6.45, 7) is 3.42. The molecule has 0 amide bonds. The molecule has 0 radical (unpaired) electrons. The highest BCUT2D eigenvalue weighted by atomic mass is 16.5. The van der Waals surface area contributed by atoms with Gasteiger partial charge in [-0.25, -0.2) is 0 Å². The zero-order valence-corrected chi connectivity index (χ0v) is 13.0. The molecule has 4 heteroatoms. The normalized spacial score (nSPS) is 14.5. The second kappa shape index (κ2) is 6.08. The average molecular weight is 308 g/mol. The van der Waals surface area contributed by atoms with Crippen molar-refractivity contribution in [3.05, 3.63) is 64.9 Å². The standard InChI is InChI=1S/C19H16O4/c1-3-13-4-6-14(7-5-13)10-18-19(21)16-9-8-15(22-12(2)20)11-17(16)23-18/h4-11H,3H2,1-2H3/b18-10+. The maximum atomic E-state index is 12.4. The van der Waals surface area contributed by atoms with E-state index in [0.717, 1.165) is 12.0 Å². The van der Waals surface area contributed by atoms with E-state index < -0.39 is 5.97 Å². The van der Waals surface area contributed by atoms with E-state index in [1.165, 1.54) is 12.5 Å². The number of ether oxygens (including phenoxy) is 2. The van der Waals surface area contributed by atoms with E-state index in [-0.39, 0.29) is 11.5 Å². The van der Waals surface area contributed by atoms with Crippen molar-refractivity contribution in [1.29, 1.82) is 0 Å². The molecule has 0 spiro atoms. The molecule has 0 N–H and O–H groups in total. The number of carbonyl (C=O) groups excluding carboxylic acids is 2. The maximum Gasteiger partial charge on any atom is 0.308 e. The monoisotopic (exact) mass is 308 g/mol. The van der Waals surface area contributed by atoms with Gasteiger partial charge in [0.2, 0.25) is 5.78 Å². The van der Waals surface area contributed by atoms with E-state index in [1.54, 1.807) is 24.3 Å². The van der Waals surface area contributed by atoms with Gasteiger partial charge in [0, 0.05) is 13.0 Å². The molecule has 0 atom stereocenters. The Bertz CT molecular complexity index is 801. The molecule has 0 saturated carbocycles. The zero-order chi connectivity index (χ0) is 16.4. The van der Waals surface area contributed by atoms with E-state index >= 15 is 0 Å². The van der Waals surface area contributed by atoms with E-state index in [4.69, 9.17) is 9.47 Å². The lowest BCUT2D eigenvalue weighted by Gasteiger charge is -2.03. The highest BCUT2D eigenvalue weighted by Gasteiger charge is 2.27. The number of carbonyl (C=O) groups is 2. The molecular formula is C19H16O4. The Morgan fingerprint density at radius 2 is 1.91 bits per heavy atom. The van der Waals surface area contributed by atoms with E-state index in [9.17, 15) is 9.59 Å². The molecule has 2 aromatic carbocycles. The molecule has 1 aliphatic heterocycles. The second-order valence-corrected chi connectivity index (χ2v) is 5.29. The van der Waals surface area contributed by atoms with Gasteiger partial charge in [0.05, 0.1) is 5.56 Å². The number of hydrogen-bond donors (Lipinski definition) is 0. The molecule has 0 saturated heterocycles. The van der Waals surface area contributed by atoms with Crippen LogP contribution in [-0.4, -0.2) is 11.8 Å². The van der Waals surface area contributed by atoms with E-state index in [1.807, 2.05) is 24.3 Å². The Hall–Kier alpha value is -2.88. The zero-order valence-electron chi connectivity index (χ0n) is 13.0. The number of ketones is 1. The van der Waals surface area contributed by atoms with Crippen LogP contribution >= 0.6 is 0 Å². The van der Waals surface area contributed by atoms with Crippen molar-refractivity contribution in [3.63, 3.8) is 0 Å². The van der Waals surface area contributed by atoms with Gasteiger partial charge in [0.15, 0.2) is 5.76 Å². The first-order valence-corrected chi connectivity index (χ1v) is 7.42. The topological polar surface area (TPSA) is 52.6 Å². The summed E-state index contributed by atoms with van der Waals surface area (Å²) in [5.41, 5.74) is 2.61. The number of rotatable bonds is 3. The molecule has 3 rings (SSSR count). The summed E-state index contributed by atoms with van der Waals surface area (Å²) >= 11 is 0. The molecule has 4 nitrogen and oxygen atoms in total. The van der Waals surface area contributed by atoms with Crippen LogP contribution in [0.15, 0.2) is 48.2 Å². The fraction of sp³-hybridized carbons (Fsp3) is 0.158. The lowest BCUT2D eigenvalue weighted by atomic mass is 10.1. The molecule has 0 aromatic heterocycles. The van der Waals surface area contributed by atoms with Crippen molar-refractivity contribution in [3.8, 4) is 11.5 Å². The Labute approximate surface area is 134 Å². The summed E-state index contributed by atoms with van der Waals surface area (Å²) in [6, 6.07) is 12.7. The Morgan fingerprint density at radius 3 is 2.57 bits per heavy atom. The minimum absolute atomic E-state index is 0.172. The molecule has 116 valence electrons. The Kier molecular flexibility index (Phi) is 3.98. The van der Waals surface area contributed by atoms with Crippen LogP contribution in [0, 0.1) is 0 Å². The highest BCUT2D eigenvalue weighted by molar-refractivity contribution is 6.14. The third kappa shape index (κ3) is 3.16. The van der Waals surface area contributed by atoms with Gasteiger partial charge in [-0.05, 0) is 35.8 Å². The molecular weight excluding hydrogens is 292 g/mol. The smallest absolute Gasteiger partial charge is 0.308 e. The molecule has 0 fully saturated rings. The number of esters is 1. The SMILES string of the molecule is CCc1ccc(/C=C2/Oc3cc(OC(C)=O)ccc3C2=O)cc1. The van der Waals surface area contributed by atoms with Crippen molar-refractivity contribution in [2.75, 3.05) is 0 Å². The summed E-state index contributed by atoms with van der Waals surface area (Å²) in [5.74, 6) is 0.446. The summed E-state index contributed by atoms with van der Waals surface area (Å²) in [7, 11) is 0. The average Bonchev–Trinajstić information content (AvgIpc) is 2.83. The van der Waals surface area contributed by atoms with Crippen LogP contribution < -0.4 is 9.47 Å². The molecule has 1 aliphatic rings. The fourth-order valence-electron chi connectivity index (χ4n) is 2.40. The number of fused-ring (bicyclic) bond motifs is 1. The summed E-state index contributed by atoms with van der Waals surface area (Å²) in [5, 5.41) is 0. The maximum absolute atomic E-state index is 12.4. The van der Waals surface area contributed by atoms with Crippen molar-refractivity contribution in [2.24, 2.45) is 0 Å². The van der Waals surface area contributed by atoms with Crippen LogP contribution in [0.4, 0.5) is 0 Å². The molecule has 0 bridgehead atoms. The third-order valence-electron chi connectivity index (χ3n) is 3.59. The largest absolute Gasteiger partial charge is 0.452 e. The number of Topliss-reactive ketones (excluding diaryl/α,β-unsaturated/α-hetero) is 1. The van der Waals surface area contributed by atoms with Gasteiger partial charge in [-0.2, -0.15) is 0 Å². The van der Waals surface area contributed by atoms with E-state index in [2.05, 4.69) is 6.92 Å². The Balaban J connectivity index is 1.87. The minimum atomic E-state index is -0.416. The highest BCUT2D eigenvalue weighted by Crippen LogP contribution is 2.34. The summed E-state index contributed by atoms with van der Waals surface area (Å²) < 4.78 is 10.6. The molecule has 2 aromatic rings. The number of allylic oxidation sites excluding steroid dienone is 1. The van der Waals surface area contributed by atoms with Gasteiger partial charge in [0.1, 0.15) is 11.5 Å². The van der Waals surface area contributed by atoms with Crippen LogP contribution in [0.5, 0.6) is 11.5 Å². The van der Waals surface area contributed by atoms with Gasteiger partial charge in [-0.15, -0.1) is 0 Å². The Morgan fingerprint density at radius 1 is 1.17 bits per heavy atom. The summed E-state index contributed by atoms with van der Waals surface area (Å²) in [4.78, 5) is 23.4. The van der Waals surface area contributed by atoms with E-state index in [0.29, 0.717) is 17.1 Å². The first-order valence-electron chi connectivity index (χ1n) is 7.42. The van der Waals surface area contributed by atoms with Gasteiger partial charge in [-0.3, -0.25) is 9.59 Å². The predicted molar refractivity (Wildman–Crippen MR) is 86.5 cm³/mol. The van der Waals surface area contributed by atoms with Gasteiger partial charge in [0.25, 0.3) is 0 Å². The van der Waals surface area contributed by atoms with Crippen LogP contribution in [-0.2, 0) is 11.2 Å². The number of hydrogen-bond acceptors (Lipinski definition) is 4. The van der Waals surface area contributed by atoms with Gasteiger partial charge < -0.3 is 9.47 Å². The molecule has 0 unspecified atom stereocenters. The molecule has 0 aliphatic carbocycles. The molecule has 23 heavy (non-hydrogen) atoms.